The van der Waals surface area contributed by atoms with E-state index in [1.165, 1.54) is 0 Å². The summed E-state index contributed by atoms with van der Waals surface area (Å²) in [5.41, 5.74) is -2.00. The maximum Gasteiger partial charge on any atom is 0.417 e. The highest BCUT2D eigenvalue weighted by molar-refractivity contribution is 6.05. The molecule has 0 spiro atoms. The van der Waals surface area contributed by atoms with Gasteiger partial charge in [-0.05, 0) is 43.8 Å². The van der Waals surface area contributed by atoms with Crippen molar-refractivity contribution in [1.29, 1.82) is 0 Å². The molecule has 0 fully saturated rings. The summed E-state index contributed by atoms with van der Waals surface area (Å²) in [5, 5.41) is 9.97. The van der Waals surface area contributed by atoms with E-state index in [1.54, 1.807) is 13.8 Å². The van der Waals surface area contributed by atoms with Gasteiger partial charge < -0.3 is 5.11 Å². The average molecular weight is 290 g/mol. The summed E-state index contributed by atoms with van der Waals surface area (Å²) in [6.45, 7) is 7.75. The molecule has 2 unspecified atom stereocenters. The summed E-state index contributed by atoms with van der Waals surface area (Å²) < 4.78 is 39.3. The first-order chi connectivity index (χ1) is 9.02. The molecule has 2 atom stereocenters. The van der Waals surface area contributed by atoms with Gasteiger partial charge in [0, 0.05) is 5.92 Å². The Morgan fingerprint density at radius 3 is 2.25 bits per heavy atom. The molecule has 0 saturated carbocycles. The molecule has 1 rings (SSSR count). The minimum Gasteiger partial charge on any atom is -0.380 e. The maximum atomic E-state index is 13.1. The second-order valence-corrected chi connectivity index (χ2v) is 5.90. The van der Waals surface area contributed by atoms with Crippen molar-refractivity contribution in [3.63, 3.8) is 0 Å². The van der Waals surface area contributed by atoms with E-state index in [2.05, 4.69) is 6.58 Å². The molecule has 0 amide bonds. The van der Waals surface area contributed by atoms with Crippen LogP contribution in [0.15, 0.2) is 23.8 Å². The Kier molecular flexibility index (Phi) is 4.85. The molecule has 114 valence electrons. The van der Waals surface area contributed by atoms with E-state index < -0.39 is 17.7 Å². The van der Waals surface area contributed by atoms with Crippen LogP contribution in [-0.2, 0) is 4.79 Å². The third-order valence-electron chi connectivity index (χ3n) is 3.89. The molecule has 1 aliphatic rings. The van der Waals surface area contributed by atoms with Crippen molar-refractivity contribution in [1.82, 2.24) is 0 Å². The predicted molar refractivity (Wildman–Crippen MR) is 71.1 cm³/mol. The fourth-order valence-corrected chi connectivity index (χ4v) is 2.56. The first kappa shape index (κ1) is 17.0. The molecule has 1 aliphatic carbocycles. The lowest BCUT2D eigenvalue weighted by Gasteiger charge is -2.41. The highest BCUT2D eigenvalue weighted by Gasteiger charge is 2.56. The van der Waals surface area contributed by atoms with Gasteiger partial charge in [0.25, 0.3) is 0 Å². The first-order valence-electron chi connectivity index (χ1n) is 6.70. The monoisotopic (exact) mass is 290 g/mol. The van der Waals surface area contributed by atoms with E-state index in [0.29, 0.717) is 24.0 Å². The summed E-state index contributed by atoms with van der Waals surface area (Å²) in [4.78, 5) is 11.6. The number of aliphatic hydroxyl groups is 1. The zero-order chi connectivity index (χ0) is 15.7. The molecular formula is C15H21F3O2. The van der Waals surface area contributed by atoms with Gasteiger partial charge in [-0.1, -0.05) is 26.0 Å². The Hall–Kier alpha value is -1.10. The van der Waals surface area contributed by atoms with Crippen LogP contribution in [0.2, 0.25) is 0 Å². The quantitative estimate of drug-likeness (QED) is 0.755. The van der Waals surface area contributed by atoms with E-state index in [-0.39, 0.29) is 18.1 Å². The van der Waals surface area contributed by atoms with Crippen molar-refractivity contribution in [3.05, 3.63) is 23.8 Å². The number of rotatable bonds is 6. The predicted octanol–water partition coefficient (Wildman–Crippen LogP) is 3.81. The topological polar surface area (TPSA) is 37.3 Å². The van der Waals surface area contributed by atoms with Gasteiger partial charge in [0.15, 0.2) is 11.4 Å². The molecular weight excluding hydrogens is 269 g/mol. The molecule has 0 aromatic rings. The molecule has 0 aromatic heterocycles. The largest absolute Gasteiger partial charge is 0.417 e. The van der Waals surface area contributed by atoms with Crippen LogP contribution in [0.1, 0.15) is 40.0 Å². The minimum atomic E-state index is -4.72. The van der Waals surface area contributed by atoms with Crippen molar-refractivity contribution in [3.8, 4) is 0 Å². The fraction of sp³-hybridized carbons (Fsp3) is 0.667. The summed E-state index contributed by atoms with van der Waals surface area (Å²) in [6.07, 6.45) is -2.53. The normalized spacial score (nSPS) is 20.4. The number of ketones is 1. The SMILES string of the molecule is C=CC(=O)C1=C(C(CC(C)C)C(C)(O)C(F)(F)F)CC1. The highest BCUT2D eigenvalue weighted by atomic mass is 19.4. The second kappa shape index (κ2) is 5.72. The lowest BCUT2D eigenvalue weighted by atomic mass is 9.69. The van der Waals surface area contributed by atoms with Crippen LogP contribution in [0.25, 0.3) is 0 Å². The fourth-order valence-electron chi connectivity index (χ4n) is 2.56. The maximum absolute atomic E-state index is 13.1. The first-order valence-corrected chi connectivity index (χ1v) is 6.70. The van der Waals surface area contributed by atoms with Gasteiger partial charge in [0.05, 0.1) is 0 Å². The number of halogens is 3. The van der Waals surface area contributed by atoms with Crippen molar-refractivity contribution < 1.29 is 23.1 Å². The zero-order valence-electron chi connectivity index (χ0n) is 12.0. The molecule has 0 saturated heterocycles. The van der Waals surface area contributed by atoms with Gasteiger partial charge >= 0.3 is 6.18 Å². The van der Waals surface area contributed by atoms with Crippen molar-refractivity contribution in [2.45, 2.75) is 51.8 Å². The van der Waals surface area contributed by atoms with E-state index in [4.69, 9.17) is 0 Å². The molecule has 2 nitrogen and oxygen atoms in total. The molecule has 0 bridgehead atoms. The molecule has 1 N–H and O–H groups in total. The van der Waals surface area contributed by atoms with Gasteiger partial charge in [-0.3, -0.25) is 4.79 Å². The number of hydrogen-bond donors (Lipinski definition) is 1. The van der Waals surface area contributed by atoms with Gasteiger partial charge in [0.2, 0.25) is 0 Å². The van der Waals surface area contributed by atoms with E-state index in [0.717, 1.165) is 13.0 Å². The number of carbonyl (C=O) groups is 1. The van der Waals surface area contributed by atoms with Crippen LogP contribution in [0.3, 0.4) is 0 Å². The van der Waals surface area contributed by atoms with E-state index in [9.17, 15) is 23.1 Å². The van der Waals surface area contributed by atoms with Gasteiger partial charge in [-0.25, -0.2) is 0 Å². The van der Waals surface area contributed by atoms with Crippen LogP contribution in [0, 0.1) is 11.8 Å². The molecule has 0 radical (unpaired) electrons. The van der Waals surface area contributed by atoms with Crippen LogP contribution >= 0.6 is 0 Å². The molecule has 0 aliphatic heterocycles. The Morgan fingerprint density at radius 1 is 1.40 bits per heavy atom. The third kappa shape index (κ3) is 3.14. The van der Waals surface area contributed by atoms with Gasteiger partial charge in [0.1, 0.15) is 0 Å². The number of carbonyl (C=O) groups excluding carboxylic acids is 1. The summed E-state index contributed by atoms with van der Waals surface area (Å²) in [6, 6.07) is 0. The molecule has 20 heavy (non-hydrogen) atoms. The Balaban J connectivity index is 3.22. The van der Waals surface area contributed by atoms with E-state index >= 15 is 0 Å². The van der Waals surface area contributed by atoms with Gasteiger partial charge in [-0.2, -0.15) is 13.2 Å². The summed E-state index contributed by atoms with van der Waals surface area (Å²) in [5.74, 6) is -1.42. The standard InChI is InChI=1S/C15H21F3O2/c1-5-13(19)11-7-6-10(11)12(8-9(2)3)14(4,20)15(16,17)18/h5,9,12,20H,1,6-8H2,2-4H3. The lowest BCUT2D eigenvalue weighted by molar-refractivity contribution is -0.269. The van der Waals surface area contributed by atoms with Gasteiger partial charge in [-0.15, -0.1) is 0 Å². The summed E-state index contributed by atoms with van der Waals surface area (Å²) in [7, 11) is 0. The van der Waals surface area contributed by atoms with Crippen LogP contribution < -0.4 is 0 Å². The van der Waals surface area contributed by atoms with Crippen LogP contribution in [-0.4, -0.2) is 22.7 Å². The average Bonchev–Trinajstić information content (AvgIpc) is 2.24. The molecule has 0 aromatic carbocycles. The van der Waals surface area contributed by atoms with Crippen molar-refractivity contribution in [2.24, 2.45) is 11.8 Å². The summed E-state index contributed by atoms with van der Waals surface area (Å²) >= 11 is 0. The lowest BCUT2D eigenvalue weighted by Crippen LogP contribution is -2.50. The van der Waals surface area contributed by atoms with Crippen molar-refractivity contribution >= 4 is 5.78 Å². The third-order valence-corrected chi connectivity index (χ3v) is 3.89. The van der Waals surface area contributed by atoms with E-state index in [1.807, 2.05) is 0 Å². The number of hydrogen-bond acceptors (Lipinski definition) is 2. The molecule has 0 heterocycles. The Bertz CT molecular complexity index is 431. The minimum absolute atomic E-state index is 0.0120. The Morgan fingerprint density at radius 2 is 1.95 bits per heavy atom. The second-order valence-electron chi connectivity index (χ2n) is 5.90. The number of allylic oxidation sites excluding steroid dienone is 2. The highest BCUT2D eigenvalue weighted by Crippen LogP contribution is 2.47. The van der Waals surface area contributed by atoms with Crippen LogP contribution in [0.5, 0.6) is 0 Å². The smallest absolute Gasteiger partial charge is 0.380 e. The zero-order valence-corrected chi connectivity index (χ0v) is 12.0. The van der Waals surface area contributed by atoms with Crippen molar-refractivity contribution in [2.75, 3.05) is 0 Å². The van der Waals surface area contributed by atoms with Crippen LogP contribution in [0.4, 0.5) is 13.2 Å². The number of alkyl halides is 3. The Labute approximate surface area is 117 Å². The molecule has 5 heteroatoms.